The lowest BCUT2D eigenvalue weighted by molar-refractivity contribution is 0.332. The zero-order chi connectivity index (χ0) is 12.1. The summed E-state index contributed by atoms with van der Waals surface area (Å²) in [5, 5.41) is 3.59. The van der Waals surface area contributed by atoms with Gasteiger partial charge in [0.2, 0.25) is 0 Å². The molecule has 1 aliphatic rings. The van der Waals surface area contributed by atoms with Crippen LogP contribution >= 0.6 is 0 Å². The Morgan fingerprint density at radius 3 is 2.53 bits per heavy atom. The average molecular weight is 234 g/mol. The molecule has 1 fully saturated rings. The van der Waals surface area contributed by atoms with Gasteiger partial charge >= 0.3 is 0 Å². The van der Waals surface area contributed by atoms with E-state index in [1.807, 2.05) is 12.1 Å². The van der Waals surface area contributed by atoms with Gasteiger partial charge in [-0.2, -0.15) is 0 Å². The van der Waals surface area contributed by atoms with Crippen LogP contribution in [0, 0.1) is 0 Å². The van der Waals surface area contributed by atoms with Crippen molar-refractivity contribution in [3.8, 4) is 5.75 Å². The largest absolute Gasteiger partial charge is 0.497 e. The van der Waals surface area contributed by atoms with E-state index in [2.05, 4.69) is 17.4 Å². The molecule has 0 aromatic heterocycles. The molecule has 0 spiro atoms. The molecule has 1 aromatic rings. The second-order valence-electron chi connectivity index (χ2n) is 4.74. The van der Waals surface area contributed by atoms with Gasteiger partial charge in [0.1, 0.15) is 5.75 Å². The van der Waals surface area contributed by atoms with Crippen LogP contribution in [0.2, 0.25) is 0 Å². The van der Waals surface area contributed by atoms with Crippen molar-refractivity contribution in [1.82, 2.24) is 5.32 Å². The fourth-order valence-corrected chi connectivity index (χ4v) is 2.13. The minimum atomic E-state index is 0.404. The predicted octanol–water partition coefficient (Wildman–Crippen LogP) is 1.88. The van der Waals surface area contributed by atoms with Crippen LogP contribution in [-0.2, 0) is 0 Å². The van der Waals surface area contributed by atoms with Crippen LogP contribution < -0.4 is 15.8 Å². The molecule has 0 radical (unpaired) electrons. The zero-order valence-electron chi connectivity index (χ0n) is 10.5. The molecule has 3 heteroatoms. The summed E-state index contributed by atoms with van der Waals surface area (Å²) in [5.41, 5.74) is 7.14. The van der Waals surface area contributed by atoms with Gasteiger partial charge in [-0.3, -0.25) is 0 Å². The first kappa shape index (κ1) is 12.4. The smallest absolute Gasteiger partial charge is 0.118 e. The monoisotopic (exact) mass is 234 g/mol. The molecule has 0 saturated heterocycles. The number of rotatable bonds is 6. The summed E-state index contributed by atoms with van der Waals surface area (Å²) in [4.78, 5) is 0. The number of hydrogen-bond acceptors (Lipinski definition) is 3. The summed E-state index contributed by atoms with van der Waals surface area (Å²) in [6, 6.07) is 8.95. The second kappa shape index (κ2) is 6.03. The van der Waals surface area contributed by atoms with Gasteiger partial charge in [-0.15, -0.1) is 0 Å². The molecule has 2 rings (SSSR count). The molecule has 1 unspecified atom stereocenters. The van der Waals surface area contributed by atoms with Crippen molar-refractivity contribution in [1.29, 1.82) is 0 Å². The third-order valence-corrected chi connectivity index (χ3v) is 3.63. The Labute approximate surface area is 103 Å². The number of hydrogen-bond donors (Lipinski definition) is 2. The molecule has 94 valence electrons. The molecule has 1 aromatic carbocycles. The third-order valence-electron chi connectivity index (χ3n) is 3.63. The van der Waals surface area contributed by atoms with E-state index in [0.717, 1.165) is 18.3 Å². The molecule has 3 nitrogen and oxygen atoms in total. The highest BCUT2D eigenvalue weighted by atomic mass is 16.5. The first-order chi connectivity index (χ1) is 8.33. The maximum atomic E-state index is 5.85. The number of benzene rings is 1. The van der Waals surface area contributed by atoms with Crippen molar-refractivity contribution < 1.29 is 4.74 Å². The van der Waals surface area contributed by atoms with E-state index in [1.165, 1.54) is 24.8 Å². The van der Waals surface area contributed by atoms with Gasteiger partial charge in [0.05, 0.1) is 7.11 Å². The standard InChI is InChI=1S/C14H22N2O/c1-17-14-7-5-11(6-8-14)12(9-15)10-16-13-3-2-4-13/h5-8,12-13,16H,2-4,9-10,15H2,1H3. The van der Waals surface area contributed by atoms with E-state index in [9.17, 15) is 0 Å². The minimum Gasteiger partial charge on any atom is -0.497 e. The van der Waals surface area contributed by atoms with Crippen LogP contribution in [0.3, 0.4) is 0 Å². The quantitative estimate of drug-likeness (QED) is 0.790. The molecule has 0 aliphatic heterocycles. The number of ether oxygens (including phenoxy) is 1. The van der Waals surface area contributed by atoms with Gasteiger partial charge in [-0.05, 0) is 30.5 Å². The Morgan fingerprint density at radius 1 is 1.35 bits per heavy atom. The Kier molecular flexibility index (Phi) is 4.40. The lowest BCUT2D eigenvalue weighted by Crippen LogP contribution is -2.39. The van der Waals surface area contributed by atoms with Gasteiger partial charge in [-0.1, -0.05) is 18.6 Å². The molecule has 3 N–H and O–H groups in total. The molecule has 1 saturated carbocycles. The van der Waals surface area contributed by atoms with Gasteiger partial charge < -0.3 is 15.8 Å². The molecule has 1 aliphatic carbocycles. The zero-order valence-corrected chi connectivity index (χ0v) is 10.5. The molecule has 0 bridgehead atoms. The fraction of sp³-hybridized carbons (Fsp3) is 0.571. The van der Waals surface area contributed by atoms with E-state index >= 15 is 0 Å². The van der Waals surface area contributed by atoms with Gasteiger partial charge in [0, 0.05) is 25.0 Å². The van der Waals surface area contributed by atoms with E-state index in [1.54, 1.807) is 7.11 Å². The summed E-state index contributed by atoms with van der Waals surface area (Å²) >= 11 is 0. The molecular weight excluding hydrogens is 212 g/mol. The first-order valence-electron chi connectivity index (χ1n) is 6.41. The fourth-order valence-electron chi connectivity index (χ4n) is 2.13. The summed E-state index contributed by atoms with van der Waals surface area (Å²) in [6.07, 6.45) is 4.01. The summed E-state index contributed by atoms with van der Waals surface area (Å²) in [7, 11) is 1.69. The second-order valence-corrected chi connectivity index (χ2v) is 4.74. The molecule has 1 atom stereocenters. The lowest BCUT2D eigenvalue weighted by Gasteiger charge is -2.28. The van der Waals surface area contributed by atoms with Crippen molar-refractivity contribution in [3.63, 3.8) is 0 Å². The van der Waals surface area contributed by atoms with Crippen molar-refractivity contribution in [2.24, 2.45) is 5.73 Å². The van der Waals surface area contributed by atoms with Crippen LogP contribution in [0.1, 0.15) is 30.7 Å². The van der Waals surface area contributed by atoms with E-state index < -0.39 is 0 Å². The van der Waals surface area contributed by atoms with Crippen molar-refractivity contribution in [3.05, 3.63) is 29.8 Å². The minimum absolute atomic E-state index is 0.404. The maximum Gasteiger partial charge on any atom is 0.118 e. The van der Waals surface area contributed by atoms with Crippen LogP contribution in [0.15, 0.2) is 24.3 Å². The van der Waals surface area contributed by atoms with Crippen molar-refractivity contribution in [2.75, 3.05) is 20.2 Å². The Hall–Kier alpha value is -1.06. The summed E-state index contributed by atoms with van der Waals surface area (Å²) in [6.45, 7) is 1.67. The average Bonchev–Trinajstić information content (AvgIpc) is 2.33. The first-order valence-corrected chi connectivity index (χ1v) is 6.41. The molecule has 0 heterocycles. The van der Waals surface area contributed by atoms with Crippen LogP contribution in [0.25, 0.3) is 0 Å². The molecular formula is C14H22N2O. The third kappa shape index (κ3) is 3.20. The Morgan fingerprint density at radius 2 is 2.06 bits per heavy atom. The number of methoxy groups -OCH3 is 1. The van der Waals surface area contributed by atoms with E-state index in [-0.39, 0.29) is 0 Å². The predicted molar refractivity (Wildman–Crippen MR) is 70.4 cm³/mol. The van der Waals surface area contributed by atoms with Gasteiger partial charge in [0.25, 0.3) is 0 Å². The lowest BCUT2D eigenvalue weighted by atomic mass is 9.91. The normalized spacial score (nSPS) is 17.5. The molecule has 17 heavy (non-hydrogen) atoms. The van der Waals surface area contributed by atoms with E-state index in [4.69, 9.17) is 10.5 Å². The van der Waals surface area contributed by atoms with Crippen LogP contribution in [0.4, 0.5) is 0 Å². The van der Waals surface area contributed by atoms with E-state index in [0.29, 0.717) is 12.5 Å². The number of nitrogens with one attached hydrogen (secondary N) is 1. The highest BCUT2D eigenvalue weighted by Crippen LogP contribution is 2.21. The highest BCUT2D eigenvalue weighted by Gasteiger charge is 2.18. The summed E-state index contributed by atoms with van der Waals surface area (Å²) in [5.74, 6) is 1.30. The van der Waals surface area contributed by atoms with Crippen molar-refractivity contribution in [2.45, 2.75) is 31.2 Å². The van der Waals surface area contributed by atoms with Gasteiger partial charge in [0.15, 0.2) is 0 Å². The topological polar surface area (TPSA) is 47.3 Å². The van der Waals surface area contributed by atoms with Crippen LogP contribution in [-0.4, -0.2) is 26.2 Å². The van der Waals surface area contributed by atoms with Gasteiger partial charge in [-0.25, -0.2) is 0 Å². The Balaban J connectivity index is 1.90. The number of nitrogens with two attached hydrogens (primary N) is 1. The SMILES string of the molecule is COc1ccc(C(CN)CNC2CCC2)cc1. The molecule has 0 amide bonds. The maximum absolute atomic E-state index is 5.85. The Bertz CT molecular complexity index is 333. The highest BCUT2D eigenvalue weighted by molar-refractivity contribution is 5.29. The summed E-state index contributed by atoms with van der Waals surface area (Å²) < 4.78 is 5.16. The van der Waals surface area contributed by atoms with Crippen molar-refractivity contribution >= 4 is 0 Å². The van der Waals surface area contributed by atoms with Crippen LogP contribution in [0.5, 0.6) is 5.75 Å².